The van der Waals surface area contributed by atoms with Crippen molar-refractivity contribution in [3.8, 4) is 0 Å². The lowest BCUT2D eigenvalue weighted by molar-refractivity contribution is 0.168. The molecule has 1 heterocycles. The van der Waals surface area contributed by atoms with Gasteiger partial charge in [-0.1, -0.05) is 0 Å². The van der Waals surface area contributed by atoms with Crippen molar-refractivity contribution in [2.24, 2.45) is 0 Å². The van der Waals surface area contributed by atoms with Crippen molar-refractivity contribution in [2.75, 3.05) is 17.7 Å². The molecule has 2 aromatic rings. The van der Waals surface area contributed by atoms with Crippen molar-refractivity contribution in [3.05, 3.63) is 30.5 Å². The van der Waals surface area contributed by atoms with Gasteiger partial charge in [0.15, 0.2) is 0 Å². The fourth-order valence-electron chi connectivity index (χ4n) is 1.56. The number of aromatic nitrogens is 1. The molecule has 0 saturated carbocycles. The summed E-state index contributed by atoms with van der Waals surface area (Å²) in [4.78, 5) is 15.5. The molecule has 88 valence electrons. The number of carbonyl (C=O) groups excluding carboxylic acids is 1. The van der Waals surface area contributed by atoms with Gasteiger partial charge in [-0.15, -0.1) is 0 Å². The van der Waals surface area contributed by atoms with E-state index in [4.69, 9.17) is 10.5 Å². The lowest BCUT2D eigenvalue weighted by Gasteiger charge is -2.09. The Hall–Kier alpha value is -2.30. The fourth-order valence-corrected chi connectivity index (χ4v) is 1.56. The SMILES string of the molecule is CCOC(=O)Nc1ccc2ncccc2c1N. The van der Waals surface area contributed by atoms with E-state index >= 15 is 0 Å². The Morgan fingerprint density at radius 3 is 3.06 bits per heavy atom. The molecule has 0 saturated heterocycles. The van der Waals surface area contributed by atoms with Gasteiger partial charge in [-0.25, -0.2) is 4.79 Å². The van der Waals surface area contributed by atoms with Crippen LogP contribution in [0.2, 0.25) is 0 Å². The van der Waals surface area contributed by atoms with E-state index in [2.05, 4.69) is 10.3 Å². The Kier molecular flexibility index (Phi) is 3.09. The molecule has 0 spiro atoms. The Morgan fingerprint density at radius 1 is 1.47 bits per heavy atom. The van der Waals surface area contributed by atoms with E-state index in [-0.39, 0.29) is 0 Å². The summed E-state index contributed by atoms with van der Waals surface area (Å²) in [6.45, 7) is 2.06. The van der Waals surface area contributed by atoms with Gasteiger partial charge in [0.05, 0.1) is 23.5 Å². The quantitative estimate of drug-likeness (QED) is 0.778. The second-order valence-corrected chi connectivity index (χ2v) is 3.44. The maximum atomic E-state index is 11.3. The lowest BCUT2D eigenvalue weighted by atomic mass is 10.1. The summed E-state index contributed by atoms with van der Waals surface area (Å²) in [7, 11) is 0. The van der Waals surface area contributed by atoms with Crippen LogP contribution >= 0.6 is 0 Å². The van der Waals surface area contributed by atoms with Crippen LogP contribution in [0.25, 0.3) is 10.9 Å². The first-order chi connectivity index (χ1) is 8.22. The molecule has 2 rings (SSSR count). The van der Waals surface area contributed by atoms with Crippen molar-refractivity contribution in [2.45, 2.75) is 6.92 Å². The van der Waals surface area contributed by atoms with Crippen molar-refractivity contribution in [3.63, 3.8) is 0 Å². The Balaban J connectivity index is 2.36. The molecular formula is C12H13N3O2. The highest BCUT2D eigenvalue weighted by Gasteiger charge is 2.08. The average Bonchev–Trinajstić information content (AvgIpc) is 2.33. The third kappa shape index (κ3) is 2.28. The molecule has 5 heteroatoms. The van der Waals surface area contributed by atoms with Crippen LogP contribution in [-0.2, 0) is 4.74 Å². The molecule has 1 aromatic carbocycles. The molecule has 3 N–H and O–H groups in total. The number of hydrogen-bond acceptors (Lipinski definition) is 4. The van der Waals surface area contributed by atoms with Crippen molar-refractivity contribution in [1.82, 2.24) is 4.98 Å². The van der Waals surface area contributed by atoms with E-state index in [1.807, 2.05) is 6.07 Å². The van der Waals surface area contributed by atoms with Gasteiger partial charge < -0.3 is 10.5 Å². The number of anilines is 2. The van der Waals surface area contributed by atoms with Gasteiger partial charge >= 0.3 is 6.09 Å². The van der Waals surface area contributed by atoms with Crippen LogP contribution in [0.4, 0.5) is 16.2 Å². The zero-order chi connectivity index (χ0) is 12.3. The number of ether oxygens (including phenoxy) is 1. The van der Waals surface area contributed by atoms with Crippen LogP contribution in [0, 0.1) is 0 Å². The number of rotatable bonds is 2. The Bertz CT molecular complexity index is 554. The molecule has 0 bridgehead atoms. The van der Waals surface area contributed by atoms with Gasteiger partial charge in [0.2, 0.25) is 0 Å². The van der Waals surface area contributed by atoms with E-state index in [9.17, 15) is 4.79 Å². The molecule has 0 fully saturated rings. The lowest BCUT2D eigenvalue weighted by Crippen LogP contribution is -2.14. The topological polar surface area (TPSA) is 77.2 Å². The zero-order valence-electron chi connectivity index (χ0n) is 9.43. The summed E-state index contributed by atoms with van der Waals surface area (Å²) in [5, 5.41) is 3.40. The first-order valence-electron chi connectivity index (χ1n) is 5.29. The van der Waals surface area contributed by atoms with Crippen LogP contribution in [0.1, 0.15) is 6.92 Å². The normalized spacial score (nSPS) is 10.2. The Labute approximate surface area is 98.6 Å². The number of hydrogen-bond donors (Lipinski definition) is 2. The summed E-state index contributed by atoms with van der Waals surface area (Å²) in [5.41, 5.74) is 7.77. The first kappa shape index (κ1) is 11.2. The molecule has 0 unspecified atom stereocenters. The van der Waals surface area contributed by atoms with Gasteiger partial charge in [-0.05, 0) is 31.2 Å². The average molecular weight is 231 g/mol. The van der Waals surface area contributed by atoms with Crippen LogP contribution in [0.5, 0.6) is 0 Å². The maximum absolute atomic E-state index is 11.3. The van der Waals surface area contributed by atoms with E-state index in [0.717, 1.165) is 10.9 Å². The smallest absolute Gasteiger partial charge is 0.411 e. The number of nitrogens with zero attached hydrogens (tertiary/aromatic N) is 1. The molecule has 0 aliphatic carbocycles. The molecule has 1 aromatic heterocycles. The minimum atomic E-state index is -0.512. The number of nitrogens with one attached hydrogen (secondary N) is 1. The molecule has 0 aliphatic rings. The molecule has 0 aliphatic heterocycles. The first-order valence-corrected chi connectivity index (χ1v) is 5.29. The number of benzene rings is 1. The highest BCUT2D eigenvalue weighted by atomic mass is 16.5. The van der Waals surface area contributed by atoms with Gasteiger partial charge in [0.25, 0.3) is 0 Å². The Morgan fingerprint density at radius 2 is 2.29 bits per heavy atom. The van der Waals surface area contributed by atoms with E-state index in [0.29, 0.717) is 18.0 Å². The largest absolute Gasteiger partial charge is 0.450 e. The third-order valence-corrected chi connectivity index (χ3v) is 2.34. The van der Waals surface area contributed by atoms with Crippen molar-refractivity contribution >= 4 is 28.4 Å². The minimum absolute atomic E-state index is 0.320. The summed E-state index contributed by atoms with van der Waals surface area (Å²) in [6.07, 6.45) is 1.18. The number of nitrogens with two attached hydrogens (primary N) is 1. The fraction of sp³-hybridized carbons (Fsp3) is 0.167. The summed E-state index contributed by atoms with van der Waals surface area (Å²) in [5.74, 6) is 0. The number of pyridine rings is 1. The summed E-state index contributed by atoms with van der Waals surface area (Å²) >= 11 is 0. The van der Waals surface area contributed by atoms with Gasteiger partial charge in [0.1, 0.15) is 0 Å². The van der Waals surface area contributed by atoms with E-state index in [1.54, 1.807) is 31.3 Å². The number of fused-ring (bicyclic) bond motifs is 1. The molecule has 17 heavy (non-hydrogen) atoms. The molecular weight excluding hydrogens is 218 g/mol. The van der Waals surface area contributed by atoms with E-state index < -0.39 is 6.09 Å². The summed E-state index contributed by atoms with van der Waals surface area (Å²) < 4.78 is 4.79. The zero-order valence-corrected chi connectivity index (χ0v) is 9.43. The predicted octanol–water partition coefficient (Wildman–Crippen LogP) is 2.39. The standard InChI is InChI=1S/C12H13N3O2/c1-2-17-12(16)15-10-6-5-9-8(11(10)13)4-3-7-14-9/h3-7H,2,13H2,1H3,(H,15,16). The van der Waals surface area contributed by atoms with Crippen LogP contribution in [-0.4, -0.2) is 17.7 Å². The van der Waals surface area contributed by atoms with Crippen LogP contribution in [0.3, 0.4) is 0 Å². The molecule has 0 atom stereocenters. The maximum Gasteiger partial charge on any atom is 0.411 e. The monoisotopic (exact) mass is 231 g/mol. The van der Waals surface area contributed by atoms with Crippen LogP contribution < -0.4 is 11.1 Å². The van der Waals surface area contributed by atoms with Crippen molar-refractivity contribution in [1.29, 1.82) is 0 Å². The number of amides is 1. The molecule has 0 radical (unpaired) electrons. The molecule has 5 nitrogen and oxygen atoms in total. The van der Waals surface area contributed by atoms with Crippen LogP contribution in [0.15, 0.2) is 30.5 Å². The van der Waals surface area contributed by atoms with E-state index in [1.165, 1.54) is 0 Å². The summed E-state index contributed by atoms with van der Waals surface area (Å²) in [6, 6.07) is 7.16. The van der Waals surface area contributed by atoms with Gasteiger partial charge in [-0.3, -0.25) is 10.3 Å². The minimum Gasteiger partial charge on any atom is -0.450 e. The number of nitrogen functional groups attached to an aromatic ring is 1. The predicted molar refractivity (Wildman–Crippen MR) is 66.8 cm³/mol. The van der Waals surface area contributed by atoms with Gasteiger partial charge in [0, 0.05) is 11.6 Å². The second kappa shape index (κ2) is 4.69. The highest BCUT2D eigenvalue weighted by Crippen LogP contribution is 2.27. The third-order valence-electron chi connectivity index (χ3n) is 2.34. The highest BCUT2D eigenvalue weighted by molar-refractivity contribution is 6.00. The molecule has 1 amide bonds. The second-order valence-electron chi connectivity index (χ2n) is 3.44. The van der Waals surface area contributed by atoms with Gasteiger partial charge in [-0.2, -0.15) is 0 Å². The van der Waals surface area contributed by atoms with Crippen molar-refractivity contribution < 1.29 is 9.53 Å². The number of carbonyl (C=O) groups is 1.